The third-order valence-corrected chi connectivity index (χ3v) is 3.44. The summed E-state index contributed by atoms with van der Waals surface area (Å²) in [5.74, 6) is 0.527. The third kappa shape index (κ3) is 5.23. The Hall–Kier alpha value is -1.49. The molecule has 0 aromatic heterocycles. The highest BCUT2D eigenvalue weighted by Gasteiger charge is 2.03. The van der Waals surface area contributed by atoms with Crippen molar-refractivity contribution in [3.05, 3.63) is 35.4 Å². The molecule has 1 aromatic carbocycles. The topological polar surface area (TPSA) is 66.4 Å². The van der Waals surface area contributed by atoms with Crippen molar-refractivity contribution in [1.29, 1.82) is 0 Å². The monoisotopic (exact) mass is 267 g/mol. The number of thioether (sulfide) groups is 1. The Labute approximate surface area is 111 Å². The van der Waals surface area contributed by atoms with Crippen molar-refractivity contribution in [3.8, 4) is 0 Å². The first-order valence-electron chi connectivity index (χ1n) is 5.80. The average molecular weight is 267 g/mol. The molecular weight excluding hydrogens is 250 g/mol. The molecule has 5 heteroatoms. The molecule has 0 aliphatic carbocycles. The Balaban J connectivity index is 2.34. The summed E-state index contributed by atoms with van der Waals surface area (Å²) < 4.78 is 0. The molecule has 0 fully saturated rings. The Kier molecular flexibility index (Phi) is 6.28. The predicted octanol–water partition coefficient (Wildman–Crippen LogP) is 2.14. The van der Waals surface area contributed by atoms with Gasteiger partial charge >= 0.3 is 5.97 Å². The predicted molar refractivity (Wildman–Crippen MR) is 72.9 cm³/mol. The van der Waals surface area contributed by atoms with Crippen molar-refractivity contribution in [1.82, 2.24) is 5.32 Å². The molecule has 0 bridgehead atoms. The maximum atomic E-state index is 11.4. The van der Waals surface area contributed by atoms with Crippen LogP contribution in [-0.4, -0.2) is 28.5 Å². The molecule has 0 atom stereocenters. The van der Waals surface area contributed by atoms with Crippen LogP contribution in [0.25, 0.3) is 0 Å². The van der Waals surface area contributed by atoms with E-state index >= 15 is 0 Å². The fourth-order valence-electron chi connectivity index (χ4n) is 1.33. The summed E-state index contributed by atoms with van der Waals surface area (Å²) in [7, 11) is 0. The minimum absolute atomic E-state index is 0.00996. The van der Waals surface area contributed by atoms with E-state index in [2.05, 4.69) is 12.2 Å². The van der Waals surface area contributed by atoms with E-state index in [9.17, 15) is 9.59 Å². The van der Waals surface area contributed by atoms with Crippen LogP contribution in [0, 0.1) is 0 Å². The van der Waals surface area contributed by atoms with Gasteiger partial charge in [-0.3, -0.25) is 4.79 Å². The Morgan fingerprint density at radius 2 is 1.94 bits per heavy atom. The van der Waals surface area contributed by atoms with Crippen LogP contribution in [0.5, 0.6) is 0 Å². The van der Waals surface area contributed by atoms with Crippen LogP contribution in [0.4, 0.5) is 0 Å². The summed E-state index contributed by atoms with van der Waals surface area (Å²) >= 11 is 1.61. The van der Waals surface area contributed by atoms with Crippen molar-refractivity contribution in [2.45, 2.75) is 19.9 Å². The second kappa shape index (κ2) is 7.76. The SMILES string of the molecule is CCCSCC(=O)NCc1ccc(C(=O)O)cc1. The third-order valence-electron chi connectivity index (χ3n) is 2.27. The lowest BCUT2D eigenvalue weighted by Crippen LogP contribution is -2.24. The standard InChI is InChI=1S/C13H17NO3S/c1-2-7-18-9-12(15)14-8-10-3-5-11(6-4-10)13(16)17/h3-6H,2,7-9H2,1H3,(H,14,15)(H,16,17). The maximum Gasteiger partial charge on any atom is 0.335 e. The smallest absolute Gasteiger partial charge is 0.335 e. The Morgan fingerprint density at radius 3 is 2.50 bits per heavy atom. The van der Waals surface area contributed by atoms with Gasteiger partial charge in [-0.15, -0.1) is 0 Å². The second-order valence-corrected chi connectivity index (χ2v) is 4.94. The second-order valence-electron chi connectivity index (χ2n) is 3.83. The molecule has 1 aromatic rings. The highest BCUT2D eigenvalue weighted by atomic mass is 32.2. The minimum atomic E-state index is -0.943. The first-order chi connectivity index (χ1) is 8.63. The molecule has 0 unspecified atom stereocenters. The molecule has 0 saturated carbocycles. The normalized spacial score (nSPS) is 10.1. The van der Waals surface area contributed by atoms with Gasteiger partial charge in [-0.2, -0.15) is 11.8 Å². The lowest BCUT2D eigenvalue weighted by molar-refractivity contribution is -0.118. The lowest BCUT2D eigenvalue weighted by atomic mass is 10.1. The van der Waals surface area contributed by atoms with Crippen LogP contribution in [0.3, 0.4) is 0 Å². The number of carboxylic acids is 1. The van der Waals surface area contributed by atoms with Crippen LogP contribution < -0.4 is 5.32 Å². The van der Waals surface area contributed by atoms with Crippen LogP contribution in [0.15, 0.2) is 24.3 Å². The van der Waals surface area contributed by atoms with Crippen molar-refractivity contribution in [2.75, 3.05) is 11.5 Å². The fourth-order valence-corrected chi connectivity index (χ4v) is 2.05. The van der Waals surface area contributed by atoms with Crippen LogP contribution >= 0.6 is 11.8 Å². The fraction of sp³-hybridized carbons (Fsp3) is 0.385. The van der Waals surface area contributed by atoms with E-state index in [1.54, 1.807) is 23.9 Å². The van der Waals surface area contributed by atoms with Gasteiger partial charge in [0.2, 0.25) is 5.91 Å². The van der Waals surface area contributed by atoms with Gasteiger partial charge in [0.15, 0.2) is 0 Å². The molecule has 4 nitrogen and oxygen atoms in total. The van der Waals surface area contributed by atoms with Gasteiger partial charge in [0, 0.05) is 6.54 Å². The molecule has 0 aliphatic heterocycles. The van der Waals surface area contributed by atoms with Crippen LogP contribution in [0.1, 0.15) is 29.3 Å². The number of carbonyl (C=O) groups is 2. The largest absolute Gasteiger partial charge is 0.478 e. The van der Waals surface area contributed by atoms with E-state index in [0.717, 1.165) is 17.7 Å². The van der Waals surface area contributed by atoms with Crippen LogP contribution in [0.2, 0.25) is 0 Å². The summed E-state index contributed by atoms with van der Waals surface area (Å²) in [6, 6.07) is 6.50. The molecule has 98 valence electrons. The number of hydrogen-bond donors (Lipinski definition) is 2. The van der Waals surface area contributed by atoms with Gasteiger partial charge in [-0.05, 0) is 29.9 Å². The number of nitrogens with one attached hydrogen (secondary N) is 1. The number of amides is 1. The Morgan fingerprint density at radius 1 is 1.28 bits per heavy atom. The summed E-state index contributed by atoms with van der Waals surface area (Å²) in [6.45, 7) is 2.51. The van der Waals surface area contributed by atoms with E-state index in [-0.39, 0.29) is 11.5 Å². The number of aromatic carboxylic acids is 1. The van der Waals surface area contributed by atoms with E-state index in [0.29, 0.717) is 12.3 Å². The van der Waals surface area contributed by atoms with E-state index in [4.69, 9.17) is 5.11 Å². The first-order valence-corrected chi connectivity index (χ1v) is 6.95. The quantitative estimate of drug-likeness (QED) is 0.743. The average Bonchev–Trinajstić information content (AvgIpc) is 2.37. The number of benzene rings is 1. The van der Waals surface area contributed by atoms with E-state index in [1.807, 2.05) is 0 Å². The van der Waals surface area contributed by atoms with Gasteiger partial charge in [-0.25, -0.2) is 4.79 Å². The molecule has 0 aliphatic rings. The molecule has 1 rings (SSSR count). The number of carbonyl (C=O) groups excluding carboxylic acids is 1. The molecule has 0 spiro atoms. The van der Waals surface area contributed by atoms with Crippen molar-refractivity contribution in [2.24, 2.45) is 0 Å². The van der Waals surface area contributed by atoms with Crippen molar-refractivity contribution >= 4 is 23.6 Å². The number of rotatable bonds is 7. The first kappa shape index (κ1) is 14.6. The molecule has 2 N–H and O–H groups in total. The minimum Gasteiger partial charge on any atom is -0.478 e. The van der Waals surface area contributed by atoms with Crippen molar-refractivity contribution < 1.29 is 14.7 Å². The molecule has 18 heavy (non-hydrogen) atoms. The van der Waals surface area contributed by atoms with E-state index in [1.165, 1.54) is 12.1 Å². The molecular formula is C13H17NO3S. The van der Waals surface area contributed by atoms with Gasteiger partial charge in [0.25, 0.3) is 0 Å². The highest BCUT2D eigenvalue weighted by Crippen LogP contribution is 2.05. The maximum absolute atomic E-state index is 11.4. The summed E-state index contributed by atoms with van der Waals surface area (Å²) in [5, 5.41) is 11.5. The molecule has 1 amide bonds. The summed E-state index contributed by atoms with van der Waals surface area (Å²) in [6.07, 6.45) is 1.06. The van der Waals surface area contributed by atoms with E-state index < -0.39 is 5.97 Å². The van der Waals surface area contributed by atoms with Gasteiger partial charge in [0.05, 0.1) is 11.3 Å². The van der Waals surface area contributed by atoms with Crippen LogP contribution in [-0.2, 0) is 11.3 Å². The van der Waals surface area contributed by atoms with Gasteiger partial charge < -0.3 is 10.4 Å². The van der Waals surface area contributed by atoms with Gasteiger partial charge in [-0.1, -0.05) is 19.1 Å². The zero-order valence-corrected chi connectivity index (χ0v) is 11.1. The van der Waals surface area contributed by atoms with Gasteiger partial charge in [0.1, 0.15) is 0 Å². The zero-order valence-electron chi connectivity index (χ0n) is 10.3. The Bertz CT molecular complexity index is 403. The lowest BCUT2D eigenvalue weighted by Gasteiger charge is -2.05. The highest BCUT2D eigenvalue weighted by molar-refractivity contribution is 7.99. The summed E-state index contributed by atoms with van der Waals surface area (Å²) in [4.78, 5) is 22.1. The number of carboxylic acid groups (broad SMARTS) is 1. The summed E-state index contributed by atoms with van der Waals surface area (Å²) in [5.41, 5.74) is 1.15. The van der Waals surface area contributed by atoms with Crippen molar-refractivity contribution in [3.63, 3.8) is 0 Å². The molecule has 0 radical (unpaired) electrons. The zero-order chi connectivity index (χ0) is 13.4. The molecule has 0 heterocycles. The molecule has 0 saturated heterocycles. The number of hydrogen-bond acceptors (Lipinski definition) is 3.